The molecule has 0 aliphatic rings. The van der Waals surface area contributed by atoms with E-state index in [4.69, 9.17) is 5.11 Å². The van der Waals surface area contributed by atoms with Crippen LogP contribution in [0.25, 0.3) is 28.5 Å². The number of nitrogens with zero attached hydrogens (tertiary/aromatic N) is 3. The Bertz CT molecular complexity index is 1170. The van der Waals surface area contributed by atoms with E-state index in [1.807, 2.05) is 0 Å². The van der Waals surface area contributed by atoms with Gasteiger partial charge in [-0.3, -0.25) is 0 Å². The van der Waals surface area contributed by atoms with Crippen molar-refractivity contribution in [2.24, 2.45) is 0 Å². The third-order valence-corrected chi connectivity index (χ3v) is 4.26. The van der Waals surface area contributed by atoms with E-state index >= 15 is 0 Å². The van der Waals surface area contributed by atoms with Crippen LogP contribution in [0, 0.1) is 0 Å². The Labute approximate surface area is 176 Å². The van der Waals surface area contributed by atoms with Gasteiger partial charge in [0.25, 0.3) is 0 Å². The summed E-state index contributed by atoms with van der Waals surface area (Å²) in [5.41, 5.74) is 1.62. The van der Waals surface area contributed by atoms with Crippen LogP contribution in [0.4, 0.5) is 0 Å². The number of hydrogen-bond donors (Lipinski definition) is 3. The van der Waals surface area contributed by atoms with Gasteiger partial charge in [-0.2, -0.15) is 0 Å². The van der Waals surface area contributed by atoms with Crippen LogP contribution in [0.1, 0.15) is 10.4 Å². The molecule has 0 bridgehead atoms. The Kier molecular flexibility index (Phi) is 5.68. The fraction of sp³-hybridized carbons (Fsp3) is 0. The summed E-state index contributed by atoms with van der Waals surface area (Å²) in [6.45, 7) is 0. The number of benzene rings is 3. The van der Waals surface area contributed by atoms with Crippen LogP contribution in [0.15, 0.2) is 72.8 Å². The average molecular weight is 429 g/mol. The van der Waals surface area contributed by atoms with Crippen LogP contribution < -0.4 is 0 Å². The number of aromatic nitrogens is 3. The van der Waals surface area contributed by atoms with Crippen molar-refractivity contribution >= 4 is 5.97 Å². The molecule has 7 nitrogen and oxygen atoms in total. The fourth-order valence-electron chi connectivity index (χ4n) is 2.85. The van der Waals surface area contributed by atoms with E-state index in [9.17, 15) is 15.0 Å². The molecule has 3 N–H and O–H groups in total. The Morgan fingerprint density at radius 2 is 1.34 bits per heavy atom. The quantitative estimate of drug-likeness (QED) is 0.427. The number of aromatic carboxylic acids is 1. The third kappa shape index (κ3) is 3.84. The van der Waals surface area contributed by atoms with Crippen LogP contribution in [0.2, 0.25) is 0 Å². The zero-order valence-electron chi connectivity index (χ0n) is 14.9. The maximum absolute atomic E-state index is 11.1. The Hall–Kier alpha value is -3.61. The van der Waals surface area contributed by atoms with Gasteiger partial charge in [-0.25, -0.2) is 14.5 Å². The first-order valence-electron chi connectivity index (χ1n) is 8.42. The van der Waals surface area contributed by atoms with Gasteiger partial charge in [0.2, 0.25) is 0 Å². The van der Waals surface area contributed by atoms with Crippen molar-refractivity contribution in [3.05, 3.63) is 78.4 Å². The van der Waals surface area contributed by atoms with Gasteiger partial charge in [-0.15, -0.1) is 5.10 Å². The van der Waals surface area contributed by atoms with Gasteiger partial charge in [-0.1, -0.05) is 24.3 Å². The second kappa shape index (κ2) is 8.18. The molecule has 1 aromatic heterocycles. The number of carboxylic acid groups (broad SMARTS) is 1. The molecule has 0 fully saturated rings. The molecule has 0 radical (unpaired) electrons. The van der Waals surface area contributed by atoms with Crippen LogP contribution in [-0.2, 0) is 17.1 Å². The molecule has 146 valence electrons. The van der Waals surface area contributed by atoms with Crippen molar-refractivity contribution in [3.63, 3.8) is 0 Å². The molecule has 0 atom stereocenters. The first-order valence-corrected chi connectivity index (χ1v) is 8.42. The smallest absolute Gasteiger partial charge is 0.335 e. The summed E-state index contributed by atoms with van der Waals surface area (Å²) in [7, 11) is 0. The second-order valence-electron chi connectivity index (χ2n) is 6.06. The molecule has 0 aliphatic heterocycles. The van der Waals surface area contributed by atoms with Gasteiger partial charge in [0, 0.05) is 17.1 Å². The van der Waals surface area contributed by atoms with Gasteiger partial charge >= 0.3 is 5.97 Å². The van der Waals surface area contributed by atoms with Gasteiger partial charge < -0.3 is 15.3 Å². The number of carbonyl (C=O) groups is 1. The van der Waals surface area contributed by atoms with Crippen LogP contribution in [0.3, 0.4) is 0 Å². The minimum absolute atomic E-state index is 0. The molecule has 0 amide bonds. The maximum atomic E-state index is 11.1. The number of phenols is 2. The zero-order valence-corrected chi connectivity index (χ0v) is 16.0. The van der Waals surface area contributed by atoms with Crippen molar-refractivity contribution < 1.29 is 37.2 Å². The van der Waals surface area contributed by atoms with Gasteiger partial charge in [0.05, 0.1) is 22.4 Å². The Morgan fingerprint density at radius 1 is 0.793 bits per heavy atom. The molecule has 8 heteroatoms. The molecule has 1 heterocycles. The number of phenolic OH excluding ortho intramolecular Hbond substituents is 2. The summed E-state index contributed by atoms with van der Waals surface area (Å²) in [5, 5.41) is 34.0. The van der Waals surface area contributed by atoms with E-state index in [2.05, 4.69) is 10.1 Å². The zero-order chi connectivity index (χ0) is 19.7. The first kappa shape index (κ1) is 20.1. The van der Waals surface area contributed by atoms with E-state index < -0.39 is 5.97 Å². The summed E-state index contributed by atoms with van der Waals surface area (Å²) >= 11 is 0. The van der Waals surface area contributed by atoms with Crippen LogP contribution >= 0.6 is 0 Å². The average Bonchev–Trinajstić information content (AvgIpc) is 3.13. The summed E-state index contributed by atoms with van der Waals surface area (Å²) in [6, 6.07) is 19.5. The topological polar surface area (TPSA) is 108 Å². The molecule has 0 saturated heterocycles. The third-order valence-electron chi connectivity index (χ3n) is 4.26. The van der Waals surface area contributed by atoms with E-state index in [1.165, 1.54) is 22.9 Å². The minimum atomic E-state index is -1.03. The number of carboxylic acids is 1. The van der Waals surface area contributed by atoms with E-state index in [0.717, 1.165) is 0 Å². The molecule has 0 aliphatic carbocycles. The largest absolute Gasteiger partial charge is 0.507 e. The number of para-hydroxylation sites is 2. The second-order valence-corrected chi connectivity index (χ2v) is 6.06. The monoisotopic (exact) mass is 429 g/mol. The Morgan fingerprint density at radius 3 is 1.90 bits per heavy atom. The van der Waals surface area contributed by atoms with E-state index in [0.29, 0.717) is 22.6 Å². The fourth-order valence-corrected chi connectivity index (χ4v) is 2.85. The number of rotatable bonds is 4. The van der Waals surface area contributed by atoms with Gasteiger partial charge in [0.1, 0.15) is 11.5 Å². The van der Waals surface area contributed by atoms with Gasteiger partial charge in [0.15, 0.2) is 11.6 Å². The summed E-state index contributed by atoms with van der Waals surface area (Å²) in [5.74, 6) is -0.328. The molecular formula is C21H15FeN3O4. The predicted molar refractivity (Wildman–Crippen MR) is 103 cm³/mol. The molecule has 0 unspecified atom stereocenters. The number of hydrogen-bond acceptors (Lipinski definition) is 5. The molecular weight excluding hydrogens is 414 g/mol. The first-order chi connectivity index (χ1) is 13.5. The van der Waals surface area contributed by atoms with Crippen molar-refractivity contribution in [2.45, 2.75) is 0 Å². The van der Waals surface area contributed by atoms with Crippen LogP contribution in [-0.4, -0.2) is 36.1 Å². The van der Waals surface area contributed by atoms with Gasteiger partial charge in [-0.05, 0) is 48.5 Å². The molecule has 4 rings (SSSR count). The van der Waals surface area contributed by atoms with E-state index in [1.54, 1.807) is 54.6 Å². The predicted octanol–water partition coefficient (Wildman–Crippen LogP) is 3.71. The van der Waals surface area contributed by atoms with Crippen molar-refractivity contribution in [1.82, 2.24) is 14.8 Å². The van der Waals surface area contributed by atoms with Crippen molar-refractivity contribution in [2.75, 3.05) is 0 Å². The summed E-state index contributed by atoms with van der Waals surface area (Å²) in [4.78, 5) is 15.6. The molecule has 4 aromatic rings. The molecule has 0 saturated carbocycles. The summed E-state index contributed by atoms with van der Waals surface area (Å²) < 4.78 is 1.50. The minimum Gasteiger partial charge on any atom is -0.507 e. The van der Waals surface area contributed by atoms with E-state index in [-0.39, 0.29) is 40.0 Å². The SMILES string of the molecule is O=C(O)c1ccc(-n2nc(-c3ccccc3O)nc2-c2ccccc2O)cc1.[Fe]. The van der Waals surface area contributed by atoms with Crippen LogP contribution in [0.5, 0.6) is 11.5 Å². The molecule has 3 aromatic carbocycles. The summed E-state index contributed by atoms with van der Waals surface area (Å²) in [6.07, 6.45) is 0. The maximum Gasteiger partial charge on any atom is 0.335 e. The van der Waals surface area contributed by atoms with Crippen molar-refractivity contribution in [3.8, 4) is 40.0 Å². The standard InChI is InChI=1S/C21H15N3O4.Fe/c25-17-7-3-1-5-15(17)19-22-20(16-6-2-4-8-18(16)26)24(23-19)14-11-9-13(10-12-14)21(27)28;/h1-12,25-26H,(H,27,28);. The molecule has 29 heavy (non-hydrogen) atoms. The number of aromatic hydroxyl groups is 2. The normalized spacial score (nSPS) is 10.3. The Balaban J connectivity index is 0.00000240. The molecule has 0 spiro atoms. The van der Waals surface area contributed by atoms with Crippen molar-refractivity contribution in [1.29, 1.82) is 0 Å².